The van der Waals surface area contributed by atoms with E-state index in [0.717, 1.165) is 35.0 Å². The zero-order chi connectivity index (χ0) is 23.1. The zero-order valence-electron chi connectivity index (χ0n) is 18.9. The van der Waals surface area contributed by atoms with E-state index in [9.17, 15) is 9.50 Å². The van der Waals surface area contributed by atoms with Crippen molar-refractivity contribution in [2.24, 2.45) is 4.99 Å². The minimum absolute atomic E-state index is 0.117. The molecule has 1 atom stereocenters. The molecular formula is C26H29FNO3P. The first-order chi connectivity index (χ1) is 15.5. The molecule has 3 rings (SSSR count). The normalized spacial score (nSPS) is 12.0. The largest absolute Gasteiger partial charge is 0.504 e. The highest BCUT2D eigenvalue weighted by atomic mass is 31.1. The molecule has 0 aliphatic heterocycles. The van der Waals surface area contributed by atoms with Gasteiger partial charge in [-0.15, -0.1) is 0 Å². The molecule has 1 N–H and O–H groups in total. The predicted molar refractivity (Wildman–Crippen MR) is 132 cm³/mol. The van der Waals surface area contributed by atoms with Crippen LogP contribution < -0.4 is 14.8 Å². The Bertz CT molecular complexity index is 1080. The van der Waals surface area contributed by atoms with Crippen LogP contribution in [0.2, 0.25) is 0 Å². The van der Waals surface area contributed by atoms with Crippen LogP contribution in [0.5, 0.6) is 17.2 Å². The lowest BCUT2D eigenvalue weighted by Crippen LogP contribution is -2.23. The minimum Gasteiger partial charge on any atom is -0.504 e. The second kappa shape index (κ2) is 10.6. The molecular weight excluding hydrogens is 424 g/mol. The second-order valence-electron chi connectivity index (χ2n) is 7.47. The second-order valence-corrected chi connectivity index (χ2v) is 9.21. The third-order valence-corrected chi connectivity index (χ3v) is 7.90. The SMILES string of the molecule is CCC(CC)(Pc1ccc(F)cc1C=Nc1ccccc1)c1cc(OC)cc(OC)c1O. The van der Waals surface area contributed by atoms with Crippen molar-refractivity contribution in [3.63, 3.8) is 0 Å². The van der Waals surface area contributed by atoms with Crippen molar-refractivity contribution < 1.29 is 19.0 Å². The summed E-state index contributed by atoms with van der Waals surface area (Å²) in [5, 5.41) is 11.6. The van der Waals surface area contributed by atoms with Crippen molar-refractivity contribution in [1.29, 1.82) is 0 Å². The van der Waals surface area contributed by atoms with Gasteiger partial charge in [0.1, 0.15) is 11.6 Å². The van der Waals surface area contributed by atoms with E-state index in [4.69, 9.17) is 9.47 Å². The molecule has 0 saturated carbocycles. The molecule has 0 aliphatic carbocycles. The fraction of sp³-hybridized carbons (Fsp3) is 0.269. The van der Waals surface area contributed by atoms with Crippen molar-refractivity contribution in [1.82, 2.24) is 0 Å². The van der Waals surface area contributed by atoms with Gasteiger partial charge in [0.25, 0.3) is 0 Å². The Labute approximate surface area is 190 Å². The van der Waals surface area contributed by atoms with E-state index in [1.165, 1.54) is 19.2 Å². The van der Waals surface area contributed by atoms with E-state index in [-0.39, 0.29) is 25.3 Å². The van der Waals surface area contributed by atoms with Crippen molar-refractivity contribution in [3.8, 4) is 17.2 Å². The summed E-state index contributed by atoms with van der Waals surface area (Å²) < 4.78 is 25.0. The topological polar surface area (TPSA) is 51.0 Å². The van der Waals surface area contributed by atoms with E-state index < -0.39 is 0 Å². The Balaban J connectivity index is 2.08. The molecule has 6 heteroatoms. The number of nitrogens with zero attached hydrogens (tertiary/aromatic N) is 1. The number of phenolic OH excluding ortho intramolecular Hbond substituents is 1. The smallest absolute Gasteiger partial charge is 0.164 e. The van der Waals surface area contributed by atoms with Crippen LogP contribution in [0.4, 0.5) is 10.1 Å². The van der Waals surface area contributed by atoms with Gasteiger partial charge in [-0.1, -0.05) is 46.7 Å². The molecule has 0 heterocycles. The molecule has 0 fully saturated rings. The van der Waals surface area contributed by atoms with Gasteiger partial charge in [-0.25, -0.2) is 4.39 Å². The number of rotatable bonds is 9. The van der Waals surface area contributed by atoms with Crippen LogP contribution in [0.1, 0.15) is 37.8 Å². The number of hydrogen-bond donors (Lipinski definition) is 1. The molecule has 0 radical (unpaired) electrons. The van der Waals surface area contributed by atoms with Gasteiger partial charge in [0, 0.05) is 28.6 Å². The summed E-state index contributed by atoms with van der Waals surface area (Å²) in [5.74, 6) is 0.805. The number of aliphatic imine (C=N–C) groups is 1. The average Bonchev–Trinajstić information content (AvgIpc) is 2.83. The summed E-state index contributed by atoms with van der Waals surface area (Å²) in [4.78, 5) is 4.53. The predicted octanol–water partition coefficient (Wildman–Crippen LogP) is 6.32. The first kappa shape index (κ1) is 23.7. The number of ether oxygens (including phenoxy) is 2. The Morgan fingerprint density at radius 1 is 1.00 bits per heavy atom. The van der Waals surface area contributed by atoms with E-state index >= 15 is 0 Å². The molecule has 1 unspecified atom stereocenters. The number of aromatic hydroxyl groups is 1. The molecule has 3 aromatic rings. The number of para-hydroxylation sites is 1. The molecule has 32 heavy (non-hydrogen) atoms. The van der Waals surface area contributed by atoms with Gasteiger partial charge in [0.15, 0.2) is 11.5 Å². The van der Waals surface area contributed by atoms with Crippen LogP contribution in [-0.2, 0) is 5.16 Å². The molecule has 0 aromatic heterocycles. The summed E-state index contributed by atoms with van der Waals surface area (Å²) in [6, 6.07) is 17.9. The number of hydrogen-bond acceptors (Lipinski definition) is 4. The summed E-state index contributed by atoms with van der Waals surface area (Å²) >= 11 is 0. The highest BCUT2D eigenvalue weighted by Crippen LogP contribution is 2.53. The zero-order valence-corrected chi connectivity index (χ0v) is 19.9. The van der Waals surface area contributed by atoms with Gasteiger partial charge in [-0.05, 0) is 48.5 Å². The molecule has 168 valence electrons. The van der Waals surface area contributed by atoms with Crippen molar-refractivity contribution in [3.05, 3.63) is 77.6 Å². The van der Waals surface area contributed by atoms with Crippen molar-refractivity contribution in [2.45, 2.75) is 31.8 Å². The Kier molecular flexibility index (Phi) is 7.87. The van der Waals surface area contributed by atoms with Gasteiger partial charge < -0.3 is 14.6 Å². The fourth-order valence-corrected chi connectivity index (χ4v) is 5.41. The molecule has 0 aliphatic rings. The Morgan fingerprint density at radius 3 is 2.34 bits per heavy atom. The van der Waals surface area contributed by atoms with E-state index in [2.05, 4.69) is 18.8 Å². The van der Waals surface area contributed by atoms with Crippen LogP contribution >= 0.6 is 8.58 Å². The van der Waals surface area contributed by atoms with Crippen molar-refractivity contribution in [2.75, 3.05) is 14.2 Å². The van der Waals surface area contributed by atoms with E-state index in [0.29, 0.717) is 11.5 Å². The molecule has 3 aromatic carbocycles. The highest BCUT2D eigenvalue weighted by Gasteiger charge is 2.34. The van der Waals surface area contributed by atoms with Gasteiger partial charge in [0.2, 0.25) is 0 Å². The molecule has 0 amide bonds. The monoisotopic (exact) mass is 453 g/mol. The maximum atomic E-state index is 14.1. The van der Waals surface area contributed by atoms with Gasteiger partial charge in [-0.2, -0.15) is 0 Å². The van der Waals surface area contributed by atoms with E-state index in [1.807, 2.05) is 42.5 Å². The molecule has 0 bridgehead atoms. The summed E-state index contributed by atoms with van der Waals surface area (Å²) in [7, 11) is 3.39. The summed E-state index contributed by atoms with van der Waals surface area (Å²) in [5.41, 5.74) is 2.30. The Hall–Kier alpha value is -2.91. The molecule has 0 spiro atoms. The van der Waals surface area contributed by atoms with Crippen LogP contribution in [0.25, 0.3) is 0 Å². The highest BCUT2D eigenvalue weighted by molar-refractivity contribution is 7.48. The van der Waals surface area contributed by atoms with Gasteiger partial charge >= 0.3 is 0 Å². The number of halogens is 1. The molecule has 0 saturated heterocycles. The summed E-state index contributed by atoms with van der Waals surface area (Å²) in [6.45, 7) is 4.20. The fourth-order valence-electron chi connectivity index (χ4n) is 3.77. The quantitative estimate of drug-likeness (QED) is 0.305. The lowest BCUT2D eigenvalue weighted by Gasteiger charge is -2.34. The third kappa shape index (κ3) is 5.11. The lowest BCUT2D eigenvalue weighted by atomic mass is 9.91. The van der Waals surface area contributed by atoms with E-state index in [1.54, 1.807) is 19.4 Å². The maximum Gasteiger partial charge on any atom is 0.164 e. The van der Waals surface area contributed by atoms with Crippen LogP contribution in [0.15, 0.2) is 65.7 Å². The van der Waals surface area contributed by atoms with Gasteiger partial charge in [0.05, 0.1) is 19.9 Å². The first-order valence-electron chi connectivity index (χ1n) is 10.6. The minimum atomic E-state index is -0.376. The van der Waals surface area contributed by atoms with Gasteiger partial charge in [-0.3, -0.25) is 4.99 Å². The number of phenols is 1. The lowest BCUT2D eigenvalue weighted by molar-refractivity contribution is 0.355. The number of benzene rings is 3. The number of methoxy groups -OCH3 is 2. The third-order valence-electron chi connectivity index (χ3n) is 5.72. The molecule has 4 nitrogen and oxygen atoms in total. The van der Waals surface area contributed by atoms with Crippen LogP contribution in [0.3, 0.4) is 0 Å². The summed E-state index contributed by atoms with van der Waals surface area (Å²) in [6.07, 6.45) is 3.26. The van der Waals surface area contributed by atoms with Crippen LogP contribution in [0, 0.1) is 5.82 Å². The maximum absolute atomic E-state index is 14.1. The standard InChI is InChI=1S/C26H29FNO3P/c1-5-26(6-2,22-15-21(30-3)16-23(31-4)25(22)29)32-24-13-12-19(27)14-18(24)17-28-20-10-8-7-9-11-20/h7-17,29,32H,5-6H2,1-4H3. The first-order valence-corrected chi connectivity index (χ1v) is 11.6. The average molecular weight is 453 g/mol. The van der Waals surface area contributed by atoms with Crippen molar-refractivity contribution >= 4 is 25.8 Å². The Morgan fingerprint density at radius 2 is 1.72 bits per heavy atom. The van der Waals surface area contributed by atoms with Crippen LogP contribution in [-0.4, -0.2) is 25.5 Å².